The Morgan fingerprint density at radius 3 is 2.60 bits per heavy atom. The zero-order chi connectivity index (χ0) is 14.6. The molecular weight excluding hydrogens is 250 g/mol. The maximum Gasteiger partial charge on any atom is 0.0813 e. The maximum atomic E-state index is 6.00. The van der Waals surface area contributed by atoms with Crippen LogP contribution in [0.1, 0.15) is 65.7 Å². The summed E-state index contributed by atoms with van der Waals surface area (Å²) < 4.78 is 11.7. The SMILES string of the molecule is CCCCCCCOCC1CCC(CNCC(C)C)O1. The van der Waals surface area contributed by atoms with E-state index in [9.17, 15) is 0 Å². The van der Waals surface area contributed by atoms with Crippen LogP contribution in [0.5, 0.6) is 0 Å². The average molecular weight is 285 g/mol. The fraction of sp³-hybridized carbons (Fsp3) is 1.00. The quantitative estimate of drug-likeness (QED) is 0.554. The Labute approximate surface area is 125 Å². The number of unbranched alkanes of at least 4 members (excludes halogenated alkanes) is 4. The molecule has 1 aliphatic rings. The zero-order valence-electron chi connectivity index (χ0n) is 13.8. The molecule has 1 saturated heterocycles. The van der Waals surface area contributed by atoms with E-state index in [1.807, 2.05) is 0 Å². The third-order valence-corrected chi connectivity index (χ3v) is 3.82. The van der Waals surface area contributed by atoms with Gasteiger partial charge in [-0.3, -0.25) is 0 Å². The van der Waals surface area contributed by atoms with Crippen molar-refractivity contribution in [2.75, 3.05) is 26.3 Å². The van der Waals surface area contributed by atoms with Crippen LogP contribution >= 0.6 is 0 Å². The molecule has 1 aliphatic heterocycles. The Morgan fingerprint density at radius 1 is 1.10 bits per heavy atom. The van der Waals surface area contributed by atoms with Crippen molar-refractivity contribution in [1.82, 2.24) is 5.32 Å². The van der Waals surface area contributed by atoms with Crippen LogP contribution in [0, 0.1) is 5.92 Å². The molecule has 20 heavy (non-hydrogen) atoms. The van der Waals surface area contributed by atoms with Crippen LogP contribution in [0.2, 0.25) is 0 Å². The minimum absolute atomic E-state index is 0.330. The van der Waals surface area contributed by atoms with Gasteiger partial charge in [-0.2, -0.15) is 0 Å². The first-order valence-corrected chi connectivity index (χ1v) is 8.66. The second kappa shape index (κ2) is 11.5. The molecule has 2 unspecified atom stereocenters. The molecule has 2 atom stereocenters. The summed E-state index contributed by atoms with van der Waals surface area (Å²) in [5.41, 5.74) is 0. The maximum absolute atomic E-state index is 6.00. The minimum atomic E-state index is 0.330. The summed E-state index contributed by atoms with van der Waals surface area (Å²) in [5.74, 6) is 0.711. The van der Waals surface area contributed by atoms with Crippen molar-refractivity contribution in [3.05, 3.63) is 0 Å². The van der Waals surface area contributed by atoms with Crippen molar-refractivity contribution in [2.24, 2.45) is 5.92 Å². The molecule has 0 saturated carbocycles. The Morgan fingerprint density at radius 2 is 1.85 bits per heavy atom. The number of nitrogens with one attached hydrogen (secondary N) is 1. The molecule has 1 heterocycles. The Hall–Kier alpha value is -0.120. The molecule has 3 nitrogen and oxygen atoms in total. The Balaban J connectivity index is 1.90. The Bertz CT molecular complexity index is 221. The number of hydrogen-bond donors (Lipinski definition) is 1. The lowest BCUT2D eigenvalue weighted by molar-refractivity contribution is -0.0150. The topological polar surface area (TPSA) is 30.5 Å². The van der Waals surface area contributed by atoms with Crippen LogP contribution < -0.4 is 5.32 Å². The molecule has 0 radical (unpaired) electrons. The Kier molecular flexibility index (Phi) is 10.3. The van der Waals surface area contributed by atoms with E-state index in [1.54, 1.807) is 0 Å². The van der Waals surface area contributed by atoms with Gasteiger partial charge < -0.3 is 14.8 Å². The van der Waals surface area contributed by atoms with Gasteiger partial charge in [-0.05, 0) is 31.7 Å². The summed E-state index contributed by atoms with van der Waals surface area (Å²) in [6.45, 7) is 10.5. The highest BCUT2D eigenvalue weighted by molar-refractivity contribution is 4.75. The van der Waals surface area contributed by atoms with Gasteiger partial charge in [0, 0.05) is 13.2 Å². The molecule has 0 aliphatic carbocycles. The molecule has 0 aromatic rings. The van der Waals surface area contributed by atoms with Crippen molar-refractivity contribution >= 4 is 0 Å². The van der Waals surface area contributed by atoms with Gasteiger partial charge in [0.2, 0.25) is 0 Å². The van der Waals surface area contributed by atoms with Crippen molar-refractivity contribution in [2.45, 2.75) is 77.9 Å². The van der Waals surface area contributed by atoms with Crippen molar-refractivity contribution in [3.63, 3.8) is 0 Å². The van der Waals surface area contributed by atoms with Crippen LogP contribution in [0.4, 0.5) is 0 Å². The van der Waals surface area contributed by atoms with Gasteiger partial charge in [0.25, 0.3) is 0 Å². The lowest BCUT2D eigenvalue weighted by Crippen LogP contribution is -2.30. The van der Waals surface area contributed by atoms with Crippen LogP contribution in [0.3, 0.4) is 0 Å². The molecule has 1 N–H and O–H groups in total. The molecule has 0 spiro atoms. The first-order valence-electron chi connectivity index (χ1n) is 8.66. The normalized spacial score (nSPS) is 22.8. The van der Waals surface area contributed by atoms with E-state index in [0.717, 1.165) is 32.7 Å². The molecule has 0 aromatic heterocycles. The van der Waals surface area contributed by atoms with E-state index in [4.69, 9.17) is 9.47 Å². The van der Waals surface area contributed by atoms with Gasteiger partial charge in [0.1, 0.15) is 0 Å². The van der Waals surface area contributed by atoms with E-state index >= 15 is 0 Å². The average Bonchev–Trinajstić information content (AvgIpc) is 2.85. The second-order valence-corrected chi connectivity index (χ2v) is 6.50. The van der Waals surface area contributed by atoms with Crippen molar-refractivity contribution in [1.29, 1.82) is 0 Å². The van der Waals surface area contributed by atoms with Gasteiger partial charge in [-0.1, -0.05) is 46.5 Å². The summed E-state index contributed by atoms with van der Waals surface area (Å²) in [6.07, 6.45) is 9.58. The molecule has 0 aromatic carbocycles. The lowest BCUT2D eigenvalue weighted by Gasteiger charge is -2.15. The second-order valence-electron chi connectivity index (χ2n) is 6.50. The summed E-state index contributed by atoms with van der Waals surface area (Å²) in [7, 11) is 0. The van der Waals surface area contributed by atoms with Crippen LogP contribution in [-0.2, 0) is 9.47 Å². The van der Waals surface area contributed by atoms with E-state index < -0.39 is 0 Å². The third-order valence-electron chi connectivity index (χ3n) is 3.82. The summed E-state index contributed by atoms with van der Waals surface area (Å²) in [5, 5.41) is 3.48. The van der Waals surface area contributed by atoms with Gasteiger partial charge in [-0.15, -0.1) is 0 Å². The van der Waals surface area contributed by atoms with Gasteiger partial charge in [0.15, 0.2) is 0 Å². The molecule has 0 amide bonds. The summed E-state index contributed by atoms with van der Waals surface area (Å²) >= 11 is 0. The number of rotatable bonds is 12. The third kappa shape index (κ3) is 8.93. The standard InChI is InChI=1S/C17H35NO2/c1-4-5-6-7-8-11-19-14-17-10-9-16(20-17)13-18-12-15(2)3/h15-18H,4-14H2,1-3H3. The lowest BCUT2D eigenvalue weighted by atomic mass is 10.2. The first kappa shape index (κ1) is 17.9. The first-order chi connectivity index (χ1) is 9.72. The number of ether oxygens (including phenoxy) is 2. The van der Waals surface area contributed by atoms with Crippen LogP contribution in [-0.4, -0.2) is 38.5 Å². The summed E-state index contributed by atoms with van der Waals surface area (Å²) in [4.78, 5) is 0. The predicted octanol–water partition coefficient (Wildman–Crippen LogP) is 3.77. The van der Waals surface area contributed by atoms with Crippen LogP contribution in [0.15, 0.2) is 0 Å². The van der Waals surface area contributed by atoms with Crippen LogP contribution in [0.25, 0.3) is 0 Å². The highest BCUT2D eigenvalue weighted by atomic mass is 16.5. The van der Waals surface area contributed by atoms with E-state index in [0.29, 0.717) is 18.1 Å². The molecule has 3 heteroatoms. The molecular formula is C17H35NO2. The molecule has 120 valence electrons. The minimum Gasteiger partial charge on any atom is -0.379 e. The molecule has 0 bridgehead atoms. The largest absolute Gasteiger partial charge is 0.379 e. The van der Waals surface area contributed by atoms with Gasteiger partial charge in [-0.25, -0.2) is 0 Å². The molecule has 1 rings (SSSR count). The van der Waals surface area contributed by atoms with Crippen molar-refractivity contribution in [3.8, 4) is 0 Å². The predicted molar refractivity (Wildman–Crippen MR) is 85.2 cm³/mol. The van der Waals surface area contributed by atoms with E-state index in [1.165, 1.54) is 38.5 Å². The molecule has 1 fully saturated rings. The number of hydrogen-bond acceptors (Lipinski definition) is 3. The fourth-order valence-corrected chi connectivity index (χ4v) is 2.61. The van der Waals surface area contributed by atoms with Crippen molar-refractivity contribution < 1.29 is 9.47 Å². The van der Waals surface area contributed by atoms with Gasteiger partial charge >= 0.3 is 0 Å². The summed E-state index contributed by atoms with van der Waals surface area (Å²) in [6, 6.07) is 0. The highest BCUT2D eigenvalue weighted by Gasteiger charge is 2.24. The highest BCUT2D eigenvalue weighted by Crippen LogP contribution is 2.19. The van der Waals surface area contributed by atoms with E-state index in [-0.39, 0.29) is 0 Å². The monoisotopic (exact) mass is 285 g/mol. The smallest absolute Gasteiger partial charge is 0.0813 e. The van der Waals surface area contributed by atoms with Gasteiger partial charge in [0.05, 0.1) is 18.8 Å². The zero-order valence-corrected chi connectivity index (χ0v) is 13.8. The van der Waals surface area contributed by atoms with E-state index in [2.05, 4.69) is 26.1 Å². The fourth-order valence-electron chi connectivity index (χ4n) is 2.61.